The van der Waals surface area contributed by atoms with Gasteiger partial charge in [-0.2, -0.15) is 0 Å². The molecule has 39 heavy (non-hydrogen) atoms. The average molecular weight is 551 g/mol. The summed E-state index contributed by atoms with van der Waals surface area (Å²) in [5, 5.41) is 3.83. The van der Waals surface area contributed by atoms with Crippen molar-refractivity contribution in [3.8, 4) is 0 Å². The zero-order chi connectivity index (χ0) is 27.9. The van der Waals surface area contributed by atoms with Crippen LogP contribution in [0.2, 0.25) is 0 Å². The summed E-state index contributed by atoms with van der Waals surface area (Å²) in [5.74, 6) is 0.248. The summed E-state index contributed by atoms with van der Waals surface area (Å²) in [4.78, 5) is 34.9. The molecule has 10 heteroatoms. The summed E-state index contributed by atoms with van der Waals surface area (Å²) in [5.41, 5.74) is 2.32. The van der Waals surface area contributed by atoms with Gasteiger partial charge < -0.3 is 15.0 Å². The van der Waals surface area contributed by atoms with Crippen LogP contribution < -0.4 is 10.2 Å². The zero-order valence-corrected chi connectivity index (χ0v) is 23.5. The Hall–Kier alpha value is -3.66. The Labute approximate surface area is 229 Å². The van der Waals surface area contributed by atoms with E-state index in [0.717, 1.165) is 10.9 Å². The van der Waals surface area contributed by atoms with Crippen molar-refractivity contribution in [1.82, 2.24) is 9.88 Å². The molecule has 2 aliphatic rings. The van der Waals surface area contributed by atoms with Gasteiger partial charge in [-0.25, -0.2) is 18.2 Å². The highest BCUT2D eigenvalue weighted by Crippen LogP contribution is 2.32. The SMILES string of the molecule is Cc1ccc2nc(N3CCS(=O)(=O)c4ccccc4C3)cc(NC(=O)C3CCCN3C(=O)OC(C)(C)C)c2c1. The van der Waals surface area contributed by atoms with E-state index in [-0.39, 0.29) is 18.2 Å². The molecule has 1 aromatic heterocycles. The number of carbonyl (C=O) groups is 2. The maximum absolute atomic E-state index is 13.5. The van der Waals surface area contributed by atoms with Crippen LogP contribution in [0.4, 0.5) is 16.3 Å². The van der Waals surface area contributed by atoms with Crippen molar-refractivity contribution in [1.29, 1.82) is 0 Å². The number of carbonyl (C=O) groups excluding carboxylic acids is 2. The molecular weight excluding hydrogens is 516 g/mol. The molecule has 1 fully saturated rings. The largest absolute Gasteiger partial charge is 0.444 e. The molecule has 1 atom stereocenters. The lowest BCUT2D eigenvalue weighted by Crippen LogP contribution is -2.45. The van der Waals surface area contributed by atoms with E-state index in [4.69, 9.17) is 9.72 Å². The Morgan fingerprint density at radius 2 is 1.85 bits per heavy atom. The summed E-state index contributed by atoms with van der Waals surface area (Å²) in [6, 6.07) is 14.0. The van der Waals surface area contributed by atoms with Gasteiger partial charge in [0.1, 0.15) is 17.5 Å². The second kappa shape index (κ2) is 10.1. The Bertz CT molecular complexity index is 1550. The van der Waals surface area contributed by atoms with Crippen molar-refractivity contribution in [3.63, 3.8) is 0 Å². The number of hydrogen-bond donors (Lipinski definition) is 1. The van der Waals surface area contributed by atoms with Gasteiger partial charge >= 0.3 is 6.09 Å². The molecule has 1 unspecified atom stereocenters. The fourth-order valence-corrected chi connectivity index (χ4v) is 6.64. The van der Waals surface area contributed by atoms with Crippen molar-refractivity contribution >= 4 is 44.2 Å². The number of likely N-dealkylation sites (tertiary alicyclic amines) is 1. The van der Waals surface area contributed by atoms with E-state index in [1.807, 2.05) is 42.2 Å². The van der Waals surface area contributed by atoms with Crippen LogP contribution in [0.25, 0.3) is 10.9 Å². The average Bonchev–Trinajstić information content (AvgIpc) is 3.31. The molecule has 0 aliphatic carbocycles. The van der Waals surface area contributed by atoms with Crippen LogP contribution >= 0.6 is 0 Å². The van der Waals surface area contributed by atoms with Gasteiger partial charge in [0.2, 0.25) is 5.91 Å². The van der Waals surface area contributed by atoms with Crippen LogP contribution in [0.5, 0.6) is 0 Å². The number of fused-ring (bicyclic) bond motifs is 2. The smallest absolute Gasteiger partial charge is 0.410 e. The molecule has 2 amide bonds. The van der Waals surface area contributed by atoms with Gasteiger partial charge in [-0.3, -0.25) is 9.69 Å². The maximum atomic E-state index is 13.5. The normalized spacial score (nSPS) is 18.9. The van der Waals surface area contributed by atoms with Crippen LogP contribution in [-0.4, -0.2) is 60.8 Å². The number of nitrogens with zero attached hydrogens (tertiary/aromatic N) is 3. The molecule has 5 rings (SSSR count). The quantitative estimate of drug-likeness (QED) is 0.505. The molecule has 3 heterocycles. The molecule has 2 aliphatic heterocycles. The first-order valence-corrected chi connectivity index (χ1v) is 14.8. The van der Waals surface area contributed by atoms with E-state index < -0.39 is 27.6 Å². The molecule has 9 nitrogen and oxygen atoms in total. The lowest BCUT2D eigenvalue weighted by molar-refractivity contribution is -0.120. The molecule has 1 N–H and O–H groups in total. The predicted octanol–water partition coefficient (Wildman–Crippen LogP) is 4.68. The Morgan fingerprint density at radius 3 is 2.62 bits per heavy atom. The highest BCUT2D eigenvalue weighted by molar-refractivity contribution is 7.91. The Balaban J connectivity index is 1.48. The van der Waals surface area contributed by atoms with E-state index in [1.54, 1.807) is 39.0 Å². The second-order valence-corrected chi connectivity index (χ2v) is 13.3. The first-order chi connectivity index (χ1) is 18.4. The van der Waals surface area contributed by atoms with Crippen LogP contribution in [0, 0.1) is 6.92 Å². The summed E-state index contributed by atoms with van der Waals surface area (Å²) in [6.07, 6.45) is 0.752. The number of ether oxygens (including phenoxy) is 1. The zero-order valence-electron chi connectivity index (χ0n) is 22.7. The highest BCUT2D eigenvalue weighted by Gasteiger charge is 2.37. The van der Waals surface area contributed by atoms with Gasteiger partial charge in [0.25, 0.3) is 0 Å². The standard InChI is InChI=1S/C29H34N4O5S/c1-19-11-12-22-21(16-19)23(31-27(34)24-9-7-13-33(24)28(35)38-29(2,3)4)17-26(30-22)32-14-15-39(36,37)25-10-6-5-8-20(25)18-32/h5-6,8,10-12,16-17,24H,7,9,13-15,18H2,1-4H3,(H,30,31,34). The molecule has 0 saturated carbocycles. The summed E-state index contributed by atoms with van der Waals surface area (Å²) < 4.78 is 31.3. The van der Waals surface area contributed by atoms with Gasteiger partial charge in [0.15, 0.2) is 9.84 Å². The van der Waals surface area contributed by atoms with Crippen molar-refractivity contribution < 1.29 is 22.7 Å². The molecule has 206 valence electrons. The molecular formula is C29H34N4O5S. The number of sulfone groups is 1. The van der Waals surface area contributed by atoms with E-state index in [9.17, 15) is 18.0 Å². The first kappa shape index (κ1) is 26.9. The number of anilines is 2. The lowest BCUT2D eigenvalue weighted by atomic mass is 10.1. The number of aromatic nitrogens is 1. The Morgan fingerprint density at radius 1 is 1.08 bits per heavy atom. The number of rotatable bonds is 3. The second-order valence-electron chi connectivity index (χ2n) is 11.2. The topological polar surface area (TPSA) is 109 Å². The fourth-order valence-electron chi connectivity index (χ4n) is 5.14. The lowest BCUT2D eigenvalue weighted by Gasteiger charge is -2.28. The van der Waals surface area contributed by atoms with Gasteiger partial charge in [-0.15, -0.1) is 0 Å². The molecule has 0 radical (unpaired) electrons. The molecule has 3 aromatic rings. The van der Waals surface area contributed by atoms with E-state index in [1.165, 1.54) is 4.90 Å². The van der Waals surface area contributed by atoms with E-state index in [0.29, 0.717) is 53.4 Å². The van der Waals surface area contributed by atoms with E-state index >= 15 is 0 Å². The number of amides is 2. The van der Waals surface area contributed by atoms with Crippen LogP contribution in [0.1, 0.15) is 44.7 Å². The summed E-state index contributed by atoms with van der Waals surface area (Å²) >= 11 is 0. The van der Waals surface area contributed by atoms with Crippen LogP contribution in [0.3, 0.4) is 0 Å². The van der Waals surface area contributed by atoms with Crippen molar-refractivity contribution in [2.75, 3.05) is 29.1 Å². The summed E-state index contributed by atoms with van der Waals surface area (Å²) in [7, 11) is -3.42. The molecule has 0 spiro atoms. The number of hydrogen-bond acceptors (Lipinski definition) is 7. The number of pyridine rings is 1. The van der Waals surface area contributed by atoms with Gasteiger partial charge in [-0.05, 0) is 64.3 Å². The van der Waals surface area contributed by atoms with Crippen molar-refractivity contribution in [2.45, 2.75) is 63.6 Å². The monoisotopic (exact) mass is 550 g/mol. The molecule has 2 aromatic carbocycles. The third-order valence-corrected chi connectivity index (χ3v) is 8.80. The predicted molar refractivity (Wildman–Crippen MR) is 151 cm³/mol. The summed E-state index contributed by atoms with van der Waals surface area (Å²) in [6.45, 7) is 8.47. The molecule has 1 saturated heterocycles. The number of aryl methyl sites for hydroxylation is 1. The van der Waals surface area contributed by atoms with Crippen LogP contribution in [-0.2, 0) is 25.9 Å². The minimum atomic E-state index is -3.42. The van der Waals surface area contributed by atoms with Crippen molar-refractivity contribution in [2.24, 2.45) is 0 Å². The van der Waals surface area contributed by atoms with Crippen LogP contribution in [0.15, 0.2) is 53.4 Å². The highest BCUT2D eigenvalue weighted by atomic mass is 32.2. The third-order valence-electron chi connectivity index (χ3n) is 7.01. The number of nitrogens with one attached hydrogen (secondary N) is 1. The first-order valence-electron chi connectivity index (χ1n) is 13.2. The van der Waals surface area contributed by atoms with Gasteiger partial charge in [0.05, 0.1) is 21.9 Å². The van der Waals surface area contributed by atoms with Gasteiger partial charge in [-0.1, -0.05) is 29.8 Å². The Kier molecular flexibility index (Phi) is 7.00. The van der Waals surface area contributed by atoms with Gasteiger partial charge in [0, 0.05) is 31.1 Å². The third kappa shape index (κ3) is 5.71. The number of benzene rings is 2. The maximum Gasteiger partial charge on any atom is 0.410 e. The minimum absolute atomic E-state index is 0.0355. The fraction of sp³-hybridized carbons (Fsp3) is 0.414. The minimum Gasteiger partial charge on any atom is -0.444 e. The van der Waals surface area contributed by atoms with E-state index in [2.05, 4.69) is 5.32 Å². The van der Waals surface area contributed by atoms with Crippen molar-refractivity contribution in [3.05, 3.63) is 59.7 Å². The molecule has 0 bridgehead atoms.